The molecule has 0 aliphatic carbocycles. The molecule has 80 heavy (non-hydrogen) atoms. The summed E-state index contributed by atoms with van der Waals surface area (Å²) in [6.07, 6.45) is 47.6. The van der Waals surface area contributed by atoms with Crippen LogP contribution in [0, 0.1) is 11.8 Å². The Morgan fingerprint density at radius 2 is 0.675 bits per heavy atom. The number of fused-ring (bicyclic) bond motifs is 2. The number of carbonyl (C=O) groups excluding carboxylic acids is 2. The number of nitrogens with zero attached hydrogens (tertiary/aromatic N) is 2. The molecule has 0 saturated carbocycles. The number of aryl methyl sites for hydroxylation is 2. The second-order valence-corrected chi connectivity index (χ2v) is 29.5. The average molecular weight is 1260 g/mol. The molecule has 2 aromatic heterocycles. The van der Waals surface area contributed by atoms with Crippen LogP contribution < -0.4 is 9.80 Å². The molecule has 8 heteroatoms. The molecule has 0 saturated heterocycles. The highest BCUT2D eigenvalue weighted by molar-refractivity contribution is 9.11. The van der Waals surface area contributed by atoms with E-state index in [2.05, 4.69) is 132 Å². The highest BCUT2D eigenvalue weighted by Crippen LogP contribution is 2.54. The van der Waals surface area contributed by atoms with Gasteiger partial charge in [-0.15, -0.1) is 22.7 Å². The van der Waals surface area contributed by atoms with Gasteiger partial charge in [0.15, 0.2) is 0 Å². The molecule has 0 spiro atoms. The predicted molar refractivity (Wildman–Crippen MR) is 360 cm³/mol. The summed E-state index contributed by atoms with van der Waals surface area (Å²) >= 11 is 11.7. The third-order valence-corrected chi connectivity index (χ3v) is 22.2. The second-order valence-electron chi connectivity index (χ2n) is 24.8. The van der Waals surface area contributed by atoms with Crippen molar-refractivity contribution in [3.63, 3.8) is 0 Å². The summed E-state index contributed by atoms with van der Waals surface area (Å²) in [5.41, 5.74) is 9.34. The quantitative estimate of drug-likeness (QED) is 0.0414. The van der Waals surface area contributed by atoms with Gasteiger partial charge in [0.1, 0.15) is 0 Å². The number of thiophene rings is 2. The van der Waals surface area contributed by atoms with Crippen molar-refractivity contribution in [2.75, 3.05) is 22.9 Å². The van der Waals surface area contributed by atoms with Crippen LogP contribution in [0.15, 0.2) is 56.1 Å². The van der Waals surface area contributed by atoms with E-state index >= 15 is 9.59 Å². The van der Waals surface area contributed by atoms with Gasteiger partial charge in [0, 0.05) is 34.2 Å². The van der Waals surface area contributed by atoms with E-state index in [1.165, 1.54) is 245 Å². The molecule has 4 nitrogen and oxygen atoms in total. The molecular weight excluding hydrogens is 1150 g/mol. The fourth-order valence-electron chi connectivity index (χ4n) is 13.2. The van der Waals surface area contributed by atoms with E-state index in [-0.39, 0.29) is 11.8 Å². The van der Waals surface area contributed by atoms with Crippen LogP contribution >= 0.6 is 54.5 Å². The van der Waals surface area contributed by atoms with E-state index in [1.807, 2.05) is 22.7 Å². The molecular formula is C72H110Br2N2O2S2. The maximum Gasteiger partial charge on any atom is 0.235 e. The van der Waals surface area contributed by atoms with Gasteiger partial charge in [-0.05, 0) is 153 Å². The van der Waals surface area contributed by atoms with Crippen molar-refractivity contribution in [2.24, 2.45) is 11.8 Å². The van der Waals surface area contributed by atoms with E-state index in [0.717, 1.165) is 74.1 Å². The van der Waals surface area contributed by atoms with Gasteiger partial charge in [-0.25, -0.2) is 0 Å². The summed E-state index contributed by atoms with van der Waals surface area (Å²) in [7, 11) is 0. The zero-order valence-corrected chi connectivity index (χ0v) is 56.3. The summed E-state index contributed by atoms with van der Waals surface area (Å²) in [6.45, 7) is 15.2. The molecule has 2 aromatic carbocycles. The van der Waals surface area contributed by atoms with Crippen molar-refractivity contribution in [3.8, 4) is 20.9 Å². The Morgan fingerprint density at radius 3 is 1.00 bits per heavy atom. The molecule has 0 bridgehead atoms. The summed E-state index contributed by atoms with van der Waals surface area (Å²) in [4.78, 5) is 38.9. The lowest BCUT2D eigenvalue weighted by Gasteiger charge is -2.27. The highest BCUT2D eigenvalue weighted by Gasteiger charge is 2.51. The topological polar surface area (TPSA) is 40.6 Å². The zero-order valence-electron chi connectivity index (χ0n) is 51.5. The standard InChI is InChI=1S/C72H110Br2N2O2S2/c1-7-13-19-25-29-35-41-55(39-33-23-17-11-5)53-75-63-49-57(65-51-59(69(73)79-65)43-37-31-27-21-15-9-3)45-47-61(63)67(71(75)77)68-62-48-46-58(66-52-60(70(74)80-66)44-38-32-28-22-16-10-4)50-64(62)76(72(68)78)54-56(40-34-24-18-12-6)42-36-30-26-20-14-8-2/h45-52,55-56,67-68H,7-44,53-54H2,1-6H3. The first-order chi connectivity index (χ1) is 39.2. The van der Waals surface area contributed by atoms with Crippen molar-refractivity contribution in [2.45, 2.75) is 297 Å². The van der Waals surface area contributed by atoms with Gasteiger partial charge in [0.2, 0.25) is 11.8 Å². The predicted octanol–water partition coefficient (Wildman–Crippen LogP) is 24.7. The SMILES string of the molecule is CCCCCCCCc1cc(-c2ccc3c(c2)N(CC(CCCCCC)CCCCCCCC)C(=O)C3C2C(=O)N(CC(CCCCCC)CCCCCCCC)c3cc(-c4cc(CCCCCCCC)c(Br)s4)ccc32)sc1Br. The van der Waals surface area contributed by atoms with E-state index in [4.69, 9.17) is 0 Å². The van der Waals surface area contributed by atoms with Crippen molar-refractivity contribution in [3.05, 3.63) is 78.4 Å². The normalized spacial score (nSPS) is 15.9. The molecule has 0 fully saturated rings. The lowest BCUT2D eigenvalue weighted by Crippen LogP contribution is -2.39. The molecule has 0 radical (unpaired) electrons. The third kappa shape index (κ3) is 20.5. The molecule has 2 amide bonds. The largest absolute Gasteiger partial charge is 0.311 e. The molecule has 4 heterocycles. The third-order valence-electron chi connectivity index (χ3n) is 18.1. The summed E-state index contributed by atoms with van der Waals surface area (Å²) in [5.74, 6) is -0.000820. The molecule has 4 aromatic rings. The number of rotatable bonds is 45. The fraction of sp³-hybridized carbons (Fsp3) is 0.694. The maximum absolute atomic E-state index is 16.0. The summed E-state index contributed by atoms with van der Waals surface area (Å²) in [6, 6.07) is 18.6. The molecule has 0 N–H and O–H groups in total. The maximum atomic E-state index is 16.0. The highest BCUT2D eigenvalue weighted by atomic mass is 79.9. The van der Waals surface area contributed by atoms with Gasteiger partial charge >= 0.3 is 0 Å². The Hall–Kier alpha value is -2.26. The first-order valence-corrected chi connectivity index (χ1v) is 36.9. The van der Waals surface area contributed by atoms with Crippen LogP contribution in [0.25, 0.3) is 20.9 Å². The van der Waals surface area contributed by atoms with Gasteiger partial charge in [-0.2, -0.15) is 0 Å². The first-order valence-electron chi connectivity index (χ1n) is 33.6. The number of anilines is 2. The molecule has 4 atom stereocenters. The monoisotopic (exact) mass is 1260 g/mol. The Kier molecular flexibility index (Phi) is 31.7. The van der Waals surface area contributed by atoms with Crippen molar-refractivity contribution < 1.29 is 9.59 Å². The smallest absolute Gasteiger partial charge is 0.235 e. The number of amides is 2. The van der Waals surface area contributed by atoms with Gasteiger partial charge in [-0.3, -0.25) is 9.59 Å². The van der Waals surface area contributed by atoms with Crippen molar-refractivity contribution in [1.82, 2.24) is 0 Å². The molecule has 446 valence electrons. The first kappa shape index (κ1) is 66.9. The number of hydrogen-bond donors (Lipinski definition) is 0. The van der Waals surface area contributed by atoms with Crippen LogP contribution in [0.1, 0.15) is 307 Å². The van der Waals surface area contributed by atoms with Crippen LogP contribution in [0.3, 0.4) is 0 Å². The van der Waals surface area contributed by atoms with Crippen LogP contribution in [-0.4, -0.2) is 24.9 Å². The number of halogens is 2. The summed E-state index contributed by atoms with van der Waals surface area (Å²) < 4.78 is 2.46. The Labute approximate surface area is 514 Å². The average Bonchev–Trinajstić information content (AvgIpc) is 4.40. The molecule has 2 aliphatic heterocycles. The van der Waals surface area contributed by atoms with Crippen LogP contribution in [0.4, 0.5) is 11.4 Å². The fourth-order valence-corrected chi connectivity index (χ4v) is 16.7. The van der Waals surface area contributed by atoms with E-state index in [0.29, 0.717) is 11.8 Å². The lowest BCUT2D eigenvalue weighted by molar-refractivity contribution is -0.125. The van der Waals surface area contributed by atoms with Crippen LogP contribution in [0.2, 0.25) is 0 Å². The minimum absolute atomic E-state index is 0.134. The number of carbonyl (C=O) groups is 2. The minimum atomic E-state index is -0.560. The van der Waals surface area contributed by atoms with E-state index < -0.39 is 11.8 Å². The lowest BCUT2D eigenvalue weighted by atomic mass is 9.82. The minimum Gasteiger partial charge on any atom is -0.311 e. The number of unbranched alkanes of at least 4 members (excludes halogenated alkanes) is 26. The van der Waals surface area contributed by atoms with Crippen molar-refractivity contribution in [1.29, 1.82) is 0 Å². The van der Waals surface area contributed by atoms with E-state index in [1.54, 1.807) is 0 Å². The molecule has 4 unspecified atom stereocenters. The number of hydrogen-bond acceptors (Lipinski definition) is 4. The summed E-state index contributed by atoms with van der Waals surface area (Å²) in [5, 5.41) is 0. The molecule has 2 aliphatic rings. The zero-order chi connectivity index (χ0) is 56.9. The van der Waals surface area contributed by atoms with Gasteiger partial charge in [0.05, 0.1) is 19.4 Å². The Bertz CT molecular complexity index is 2220. The van der Waals surface area contributed by atoms with Crippen molar-refractivity contribution >= 4 is 77.7 Å². The van der Waals surface area contributed by atoms with E-state index in [9.17, 15) is 0 Å². The van der Waals surface area contributed by atoms with Crippen LogP contribution in [-0.2, 0) is 22.4 Å². The van der Waals surface area contributed by atoms with Crippen LogP contribution in [0.5, 0.6) is 0 Å². The van der Waals surface area contributed by atoms with Gasteiger partial charge in [0.25, 0.3) is 0 Å². The Morgan fingerprint density at radius 1 is 0.388 bits per heavy atom. The Balaban J connectivity index is 1.39. The number of benzene rings is 2. The second kappa shape index (κ2) is 37.9. The van der Waals surface area contributed by atoms with Gasteiger partial charge in [-0.1, -0.05) is 258 Å². The molecule has 6 rings (SSSR count). The van der Waals surface area contributed by atoms with Gasteiger partial charge < -0.3 is 9.80 Å².